The summed E-state index contributed by atoms with van der Waals surface area (Å²) in [6.07, 6.45) is 3.28. The number of fused-ring (bicyclic) bond motifs is 1. The van der Waals surface area contributed by atoms with Crippen LogP contribution in [0.4, 0.5) is 5.69 Å². The number of benzene rings is 2. The van der Waals surface area contributed by atoms with Gasteiger partial charge in [-0.2, -0.15) is 0 Å². The molecule has 1 amide bonds. The lowest BCUT2D eigenvalue weighted by molar-refractivity contribution is 0.102. The SMILES string of the molecule is O=C(Nc1cccc(-c2nc3cnccc3o2)c1)c1ccc(Cl)cc1Cl. The predicted octanol–water partition coefficient (Wildman–Crippen LogP) is 5.45. The van der Waals surface area contributed by atoms with Crippen LogP contribution in [0.5, 0.6) is 0 Å². The zero-order chi connectivity index (χ0) is 18.1. The first kappa shape index (κ1) is 16.6. The molecule has 2 aromatic carbocycles. The second-order valence-electron chi connectivity index (χ2n) is 5.52. The molecule has 0 bridgehead atoms. The van der Waals surface area contributed by atoms with Gasteiger partial charge in [0.05, 0.1) is 16.8 Å². The molecule has 0 atom stereocenters. The van der Waals surface area contributed by atoms with Crippen molar-refractivity contribution in [2.45, 2.75) is 0 Å². The summed E-state index contributed by atoms with van der Waals surface area (Å²) in [5.41, 5.74) is 3.00. The lowest BCUT2D eigenvalue weighted by atomic mass is 10.1. The number of amides is 1. The number of carbonyl (C=O) groups excluding carboxylic acids is 1. The summed E-state index contributed by atoms with van der Waals surface area (Å²) in [6, 6.07) is 13.7. The number of anilines is 1. The Bertz CT molecular complexity index is 1090. The maximum atomic E-state index is 12.4. The van der Waals surface area contributed by atoms with E-state index in [1.54, 1.807) is 42.7 Å². The second kappa shape index (κ2) is 6.78. The summed E-state index contributed by atoms with van der Waals surface area (Å²) < 4.78 is 5.73. The van der Waals surface area contributed by atoms with Crippen LogP contribution in [-0.4, -0.2) is 15.9 Å². The molecule has 2 heterocycles. The summed E-state index contributed by atoms with van der Waals surface area (Å²) in [6.45, 7) is 0. The van der Waals surface area contributed by atoms with Gasteiger partial charge in [0.25, 0.3) is 5.91 Å². The number of hydrogen-bond donors (Lipinski definition) is 1. The van der Waals surface area contributed by atoms with Gasteiger partial charge in [0, 0.05) is 28.5 Å². The van der Waals surface area contributed by atoms with Gasteiger partial charge in [-0.05, 0) is 36.4 Å². The van der Waals surface area contributed by atoms with E-state index >= 15 is 0 Å². The third kappa shape index (κ3) is 3.27. The molecule has 1 N–H and O–H groups in total. The van der Waals surface area contributed by atoms with E-state index in [9.17, 15) is 4.79 Å². The fraction of sp³-hybridized carbons (Fsp3) is 0. The van der Waals surface area contributed by atoms with E-state index in [2.05, 4.69) is 15.3 Å². The first-order valence-corrected chi connectivity index (χ1v) is 8.43. The third-order valence-electron chi connectivity index (χ3n) is 3.73. The summed E-state index contributed by atoms with van der Waals surface area (Å²) in [7, 11) is 0. The van der Waals surface area contributed by atoms with Crippen LogP contribution in [0, 0.1) is 0 Å². The van der Waals surface area contributed by atoms with Crippen molar-refractivity contribution in [2.24, 2.45) is 0 Å². The first-order chi connectivity index (χ1) is 12.6. The topological polar surface area (TPSA) is 68.0 Å². The molecule has 0 spiro atoms. The molecule has 0 aliphatic rings. The van der Waals surface area contributed by atoms with Crippen LogP contribution in [0.2, 0.25) is 10.0 Å². The number of hydrogen-bond acceptors (Lipinski definition) is 4. The van der Waals surface area contributed by atoms with Gasteiger partial charge in [0.2, 0.25) is 5.89 Å². The number of oxazole rings is 1. The lowest BCUT2D eigenvalue weighted by Gasteiger charge is -2.08. The van der Waals surface area contributed by atoms with E-state index in [-0.39, 0.29) is 10.9 Å². The monoisotopic (exact) mass is 383 g/mol. The summed E-state index contributed by atoms with van der Waals surface area (Å²) in [5, 5.41) is 3.57. The smallest absolute Gasteiger partial charge is 0.257 e. The zero-order valence-electron chi connectivity index (χ0n) is 13.2. The molecule has 0 aliphatic heterocycles. The van der Waals surface area contributed by atoms with Crippen LogP contribution in [0.15, 0.2) is 65.3 Å². The van der Waals surface area contributed by atoms with Crippen molar-refractivity contribution in [1.29, 1.82) is 0 Å². The van der Waals surface area contributed by atoms with Crippen molar-refractivity contribution in [1.82, 2.24) is 9.97 Å². The van der Waals surface area contributed by atoms with Gasteiger partial charge in [-0.1, -0.05) is 29.3 Å². The molecular formula is C19H11Cl2N3O2. The Morgan fingerprint density at radius 3 is 2.77 bits per heavy atom. The van der Waals surface area contributed by atoms with Crippen LogP contribution < -0.4 is 5.32 Å². The van der Waals surface area contributed by atoms with Crippen LogP contribution >= 0.6 is 23.2 Å². The van der Waals surface area contributed by atoms with Crippen molar-refractivity contribution >= 4 is 45.9 Å². The molecule has 0 aliphatic carbocycles. The highest BCUT2D eigenvalue weighted by atomic mass is 35.5. The summed E-state index contributed by atoms with van der Waals surface area (Å²) in [5.74, 6) is 0.124. The van der Waals surface area contributed by atoms with Crippen LogP contribution in [-0.2, 0) is 0 Å². The number of nitrogens with zero attached hydrogens (tertiary/aromatic N) is 2. The Kier molecular flexibility index (Phi) is 4.32. The molecule has 4 rings (SSSR count). The molecule has 0 unspecified atom stereocenters. The number of carbonyl (C=O) groups is 1. The Morgan fingerprint density at radius 2 is 1.96 bits per heavy atom. The number of aromatic nitrogens is 2. The van der Waals surface area contributed by atoms with Crippen molar-refractivity contribution in [3.05, 3.63) is 76.5 Å². The number of nitrogens with one attached hydrogen (secondary N) is 1. The average molecular weight is 384 g/mol. The van der Waals surface area contributed by atoms with Gasteiger partial charge in [-0.15, -0.1) is 0 Å². The summed E-state index contributed by atoms with van der Waals surface area (Å²) >= 11 is 12.0. The highest BCUT2D eigenvalue weighted by Gasteiger charge is 2.13. The van der Waals surface area contributed by atoms with Crippen molar-refractivity contribution in [3.63, 3.8) is 0 Å². The lowest BCUT2D eigenvalue weighted by Crippen LogP contribution is -2.12. The molecule has 0 radical (unpaired) electrons. The normalized spacial score (nSPS) is 10.8. The maximum absolute atomic E-state index is 12.4. The molecule has 7 heteroatoms. The maximum Gasteiger partial charge on any atom is 0.257 e. The van der Waals surface area contributed by atoms with E-state index in [0.717, 1.165) is 5.56 Å². The van der Waals surface area contributed by atoms with E-state index in [4.69, 9.17) is 27.6 Å². The van der Waals surface area contributed by atoms with Crippen LogP contribution in [0.3, 0.4) is 0 Å². The fourth-order valence-corrected chi connectivity index (χ4v) is 3.00. The minimum absolute atomic E-state index is 0.289. The molecule has 2 aromatic heterocycles. The Morgan fingerprint density at radius 1 is 1.08 bits per heavy atom. The van der Waals surface area contributed by atoms with E-state index in [1.807, 2.05) is 12.1 Å². The average Bonchev–Trinajstić information content (AvgIpc) is 3.06. The van der Waals surface area contributed by atoms with Crippen LogP contribution in [0.25, 0.3) is 22.6 Å². The molecule has 128 valence electrons. The van der Waals surface area contributed by atoms with E-state index in [0.29, 0.717) is 33.3 Å². The zero-order valence-corrected chi connectivity index (χ0v) is 14.8. The molecule has 0 saturated heterocycles. The highest BCUT2D eigenvalue weighted by molar-refractivity contribution is 6.37. The minimum Gasteiger partial charge on any atom is -0.436 e. The predicted molar refractivity (Wildman–Crippen MR) is 102 cm³/mol. The van der Waals surface area contributed by atoms with Crippen LogP contribution in [0.1, 0.15) is 10.4 Å². The van der Waals surface area contributed by atoms with E-state index < -0.39 is 0 Å². The van der Waals surface area contributed by atoms with Gasteiger partial charge < -0.3 is 9.73 Å². The number of pyridine rings is 1. The summed E-state index contributed by atoms with van der Waals surface area (Å²) in [4.78, 5) is 20.9. The molecular weight excluding hydrogens is 373 g/mol. The van der Waals surface area contributed by atoms with Gasteiger partial charge in [-0.25, -0.2) is 4.98 Å². The number of rotatable bonds is 3. The molecule has 0 fully saturated rings. The second-order valence-corrected chi connectivity index (χ2v) is 6.37. The Balaban J connectivity index is 1.62. The quantitative estimate of drug-likeness (QED) is 0.510. The highest BCUT2D eigenvalue weighted by Crippen LogP contribution is 2.27. The van der Waals surface area contributed by atoms with Gasteiger partial charge >= 0.3 is 0 Å². The van der Waals surface area contributed by atoms with E-state index in [1.165, 1.54) is 6.07 Å². The molecule has 26 heavy (non-hydrogen) atoms. The number of halogens is 2. The molecule has 5 nitrogen and oxygen atoms in total. The molecule has 0 saturated carbocycles. The van der Waals surface area contributed by atoms with Crippen molar-refractivity contribution in [2.75, 3.05) is 5.32 Å². The standard InChI is InChI=1S/C19H11Cl2N3O2/c20-12-4-5-14(15(21)9-12)18(25)23-13-3-1-2-11(8-13)19-24-16-10-22-7-6-17(16)26-19/h1-10H,(H,23,25). The first-order valence-electron chi connectivity index (χ1n) is 7.67. The minimum atomic E-state index is -0.328. The Labute approximate surface area is 158 Å². The fourth-order valence-electron chi connectivity index (χ4n) is 2.51. The van der Waals surface area contributed by atoms with Gasteiger partial charge in [0.1, 0.15) is 5.52 Å². The van der Waals surface area contributed by atoms with Crippen molar-refractivity contribution in [3.8, 4) is 11.5 Å². The van der Waals surface area contributed by atoms with Gasteiger partial charge in [-0.3, -0.25) is 9.78 Å². The van der Waals surface area contributed by atoms with Gasteiger partial charge in [0.15, 0.2) is 5.58 Å². The van der Waals surface area contributed by atoms with Crippen molar-refractivity contribution < 1.29 is 9.21 Å². The third-order valence-corrected chi connectivity index (χ3v) is 4.28. The Hall–Kier alpha value is -2.89. The molecule has 4 aromatic rings. The largest absolute Gasteiger partial charge is 0.436 e.